The highest BCUT2D eigenvalue weighted by atomic mass is 16.5. The first kappa shape index (κ1) is 19.5. The van der Waals surface area contributed by atoms with Crippen LogP contribution in [0.15, 0.2) is 48.9 Å². The Morgan fingerprint density at radius 1 is 1.15 bits per heavy atom. The molecule has 27 heavy (non-hydrogen) atoms. The molecule has 1 fully saturated rings. The minimum atomic E-state index is 0.552. The molecule has 0 N–H and O–H groups in total. The Bertz CT molecular complexity index is 789. The van der Waals surface area contributed by atoms with Gasteiger partial charge in [0.1, 0.15) is 0 Å². The van der Waals surface area contributed by atoms with Gasteiger partial charge in [0.2, 0.25) is 0 Å². The van der Waals surface area contributed by atoms with Crippen molar-refractivity contribution in [1.82, 2.24) is 4.98 Å². The number of nitrogens with zero attached hydrogens (tertiary/aromatic N) is 2. The number of pyridine rings is 1. The third-order valence-corrected chi connectivity index (χ3v) is 5.89. The van der Waals surface area contributed by atoms with Gasteiger partial charge in [-0.1, -0.05) is 30.8 Å². The van der Waals surface area contributed by atoms with E-state index in [-0.39, 0.29) is 0 Å². The Morgan fingerprint density at radius 2 is 1.85 bits per heavy atom. The summed E-state index contributed by atoms with van der Waals surface area (Å²) in [6.45, 7) is 6.17. The molecule has 0 aliphatic heterocycles. The van der Waals surface area contributed by atoms with Crippen LogP contribution in [0.5, 0.6) is 0 Å². The molecule has 0 saturated heterocycles. The Labute approximate surface area is 164 Å². The summed E-state index contributed by atoms with van der Waals surface area (Å²) in [6.07, 6.45) is 7.89. The number of aromatic nitrogens is 1. The molecule has 1 heterocycles. The van der Waals surface area contributed by atoms with Gasteiger partial charge in [0.05, 0.1) is 24.8 Å². The van der Waals surface area contributed by atoms with Gasteiger partial charge in [-0.2, -0.15) is 0 Å². The van der Waals surface area contributed by atoms with Crippen molar-refractivity contribution in [2.24, 2.45) is 5.92 Å². The molecule has 0 unspecified atom stereocenters. The average molecular weight is 365 g/mol. The molecule has 2 aromatic rings. The summed E-state index contributed by atoms with van der Waals surface area (Å²) < 4.78 is 5.26. The number of hydrogen-bond acceptors (Lipinski definition) is 3. The number of anilines is 1. The van der Waals surface area contributed by atoms with Gasteiger partial charge in [0.25, 0.3) is 0 Å². The third kappa shape index (κ3) is 4.52. The van der Waals surface area contributed by atoms with E-state index in [1.165, 1.54) is 53.8 Å². The standard InChI is InChI=1S/C24H32N2O/c1-17-8-6-7-9-21(17)22-15-23(25-16-24(22)26(3)4)20-12-10-19(11-13-20)14-18(2)27-5/h6-9,15-16,19-20H,2,10-14H2,1,3-5H3. The van der Waals surface area contributed by atoms with Crippen LogP contribution in [-0.2, 0) is 4.74 Å². The summed E-state index contributed by atoms with van der Waals surface area (Å²) in [6, 6.07) is 11.0. The van der Waals surface area contributed by atoms with Crippen molar-refractivity contribution in [1.29, 1.82) is 0 Å². The quantitative estimate of drug-likeness (QED) is 0.593. The zero-order chi connectivity index (χ0) is 19.4. The van der Waals surface area contributed by atoms with E-state index in [2.05, 4.69) is 69.0 Å². The van der Waals surface area contributed by atoms with Gasteiger partial charge in [-0.05, 0) is 55.7 Å². The van der Waals surface area contributed by atoms with Crippen LogP contribution in [0.25, 0.3) is 11.1 Å². The molecule has 144 valence electrons. The minimum Gasteiger partial charge on any atom is -0.502 e. The first-order valence-electron chi connectivity index (χ1n) is 9.94. The molecule has 0 spiro atoms. The molecule has 3 nitrogen and oxygen atoms in total. The molecule has 3 heteroatoms. The summed E-state index contributed by atoms with van der Waals surface area (Å²) >= 11 is 0. The van der Waals surface area contributed by atoms with E-state index in [1.54, 1.807) is 7.11 Å². The molecule has 1 aliphatic rings. The van der Waals surface area contributed by atoms with Crippen molar-refractivity contribution >= 4 is 5.69 Å². The zero-order valence-electron chi connectivity index (χ0n) is 17.2. The summed E-state index contributed by atoms with van der Waals surface area (Å²) in [5, 5.41) is 0. The SMILES string of the molecule is C=C(CC1CCC(c2cc(-c3ccccc3C)c(N(C)C)cn2)CC1)OC. The van der Waals surface area contributed by atoms with Crippen LogP contribution in [0.3, 0.4) is 0 Å². The van der Waals surface area contributed by atoms with Gasteiger partial charge in [-0.15, -0.1) is 0 Å². The van der Waals surface area contributed by atoms with Gasteiger partial charge in [0.15, 0.2) is 0 Å². The maximum absolute atomic E-state index is 5.26. The van der Waals surface area contributed by atoms with E-state index in [0.717, 1.165) is 12.2 Å². The Hall–Kier alpha value is -2.29. The van der Waals surface area contributed by atoms with Crippen LogP contribution >= 0.6 is 0 Å². The maximum Gasteiger partial charge on any atom is 0.0886 e. The van der Waals surface area contributed by atoms with Gasteiger partial charge in [-0.25, -0.2) is 0 Å². The first-order chi connectivity index (χ1) is 13.0. The summed E-state index contributed by atoms with van der Waals surface area (Å²) in [5.41, 5.74) is 6.31. The van der Waals surface area contributed by atoms with E-state index in [4.69, 9.17) is 9.72 Å². The highest BCUT2D eigenvalue weighted by Crippen LogP contribution is 2.40. The highest BCUT2D eigenvalue weighted by molar-refractivity contribution is 5.80. The fraction of sp³-hybridized carbons (Fsp3) is 0.458. The molecule has 0 atom stereocenters. The van der Waals surface area contributed by atoms with Crippen molar-refractivity contribution in [2.45, 2.75) is 44.9 Å². The fourth-order valence-corrected chi connectivity index (χ4v) is 4.20. The Morgan fingerprint density at radius 3 is 2.48 bits per heavy atom. The van der Waals surface area contributed by atoms with Crippen molar-refractivity contribution in [2.75, 3.05) is 26.1 Å². The van der Waals surface area contributed by atoms with Gasteiger partial charge in [0, 0.05) is 37.7 Å². The van der Waals surface area contributed by atoms with Crippen LogP contribution in [-0.4, -0.2) is 26.2 Å². The van der Waals surface area contributed by atoms with Crippen molar-refractivity contribution < 1.29 is 4.74 Å². The van der Waals surface area contributed by atoms with Crippen molar-refractivity contribution in [3.63, 3.8) is 0 Å². The number of ether oxygens (including phenoxy) is 1. The Kier molecular flexibility index (Phi) is 6.20. The van der Waals surface area contributed by atoms with Gasteiger partial charge in [-0.3, -0.25) is 4.98 Å². The first-order valence-corrected chi connectivity index (χ1v) is 9.94. The molecular weight excluding hydrogens is 332 g/mol. The molecule has 1 aromatic carbocycles. The lowest BCUT2D eigenvalue weighted by atomic mass is 9.78. The summed E-state index contributed by atoms with van der Waals surface area (Å²) in [4.78, 5) is 7.02. The van der Waals surface area contributed by atoms with E-state index in [9.17, 15) is 0 Å². The molecule has 1 saturated carbocycles. The van der Waals surface area contributed by atoms with Crippen LogP contribution < -0.4 is 4.90 Å². The monoisotopic (exact) mass is 364 g/mol. The number of methoxy groups -OCH3 is 1. The highest BCUT2D eigenvalue weighted by Gasteiger charge is 2.25. The minimum absolute atomic E-state index is 0.552. The lowest BCUT2D eigenvalue weighted by Gasteiger charge is -2.29. The number of hydrogen-bond donors (Lipinski definition) is 0. The summed E-state index contributed by atoms with van der Waals surface area (Å²) in [5.74, 6) is 2.16. The smallest absolute Gasteiger partial charge is 0.0886 e. The molecule has 1 aromatic heterocycles. The van der Waals surface area contributed by atoms with E-state index in [0.29, 0.717) is 11.8 Å². The average Bonchev–Trinajstić information content (AvgIpc) is 2.68. The van der Waals surface area contributed by atoms with Gasteiger partial charge >= 0.3 is 0 Å². The van der Waals surface area contributed by atoms with Crippen molar-refractivity contribution in [3.05, 3.63) is 60.1 Å². The van der Waals surface area contributed by atoms with Crippen LogP contribution in [0.1, 0.15) is 49.3 Å². The predicted molar refractivity (Wildman–Crippen MR) is 114 cm³/mol. The number of benzene rings is 1. The molecule has 0 bridgehead atoms. The second kappa shape index (κ2) is 8.60. The second-order valence-corrected chi connectivity index (χ2v) is 8.00. The lowest BCUT2D eigenvalue weighted by Crippen LogP contribution is -2.16. The van der Waals surface area contributed by atoms with Gasteiger partial charge < -0.3 is 9.64 Å². The largest absolute Gasteiger partial charge is 0.502 e. The molecule has 0 amide bonds. The second-order valence-electron chi connectivity index (χ2n) is 8.00. The maximum atomic E-state index is 5.26. The number of allylic oxidation sites excluding steroid dienone is 1. The lowest BCUT2D eigenvalue weighted by molar-refractivity contribution is 0.235. The van der Waals surface area contributed by atoms with Crippen LogP contribution in [0.2, 0.25) is 0 Å². The summed E-state index contributed by atoms with van der Waals surface area (Å²) in [7, 11) is 5.90. The van der Waals surface area contributed by atoms with Crippen LogP contribution in [0.4, 0.5) is 5.69 Å². The predicted octanol–water partition coefficient (Wildman–Crippen LogP) is 5.95. The topological polar surface area (TPSA) is 25.4 Å². The Balaban J connectivity index is 1.83. The van der Waals surface area contributed by atoms with E-state index < -0.39 is 0 Å². The van der Waals surface area contributed by atoms with E-state index >= 15 is 0 Å². The molecule has 1 aliphatic carbocycles. The van der Waals surface area contributed by atoms with Crippen molar-refractivity contribution in [3.8, 4) is 11.1 Å². The number of rotatable bonds is 6. The molecule has 3 rings (SSSR count). The molecular formula is C24H32N2O. The van der Waals surface area contributed by atoms with Crippen LogP contribution in [0, 0.1) is 12.8 Å². The fourth-order valence-electron chi connectivity index (χ4n) is 4.20. The molecule has 0 radical (unpaired) electrons. The zero-order valence-corrected chi connectivity index (χ0v) is 17.2. The number of aryl methyl sites for hydroxylation is 1. The normalized spacial score (nSPS) is 19.6. The third-order valence-electron chi connectivity index (χ3n) is 5.89. The van der Waals surface area contributed by atoms with E-state index in [1.807, 2.05) is 0 Å².